The quantitative estimate of drug-likeness (QED) is 0.589. The van der Waals surface area contributed by atoms with Gasteiger partial charge in [0.2, 0.25) is 0 Å². The number of amides is 1. The fraction of sp³-hybridized carbons (Fsp3) is 0.435. The molecule has 0 heterocycles. The van der Waals surface area contributed by atoms with E-state index < -0.39 is 0 Å². The van der Waals surface area contributed by atoms with Gasteiger partial charge in [-0.1, -0.05) is 39.8 Å². The first-order valence-corrected chi connectivity index (χ1v) is 9.73. The van der Waals surface area contributed by atoms with Gasteiger partial charge < -0.3 is 14.8 Å². The molecule has 0 aliphatic carbocycles. The second kappa shape index (κ2) is 10.6. The van der Waals surface area contributed by atoms with Gasteiger partial charge in [-0.3, -0.25) is 4.79 Å². The summed E-state index contributed by atoms with van der Waals surface area (Å²) in [5, 5.41) is 2.83. The van der Waals surface area contributed by atoms with E-state index in [0.717, 1.165) is 24.3 Å². The number of rotatable bonds is 10. The maximum atomic E-state index is 12.1. The largest absolute Gasteiger partial charge is 0.494 e. The zero-order valence-electron chi connectivity index (χ0n) is 16.8. The van der Waals surface area contributed by atoms with E-state index >= 15 is 0 Å². The molecule has 4 heteroatoms. The highest BCUT2D eigenvalue weighted by Crippen LogP contribution is 2.21. The van der Waals surface area contributed by atoms with Gasteiger partial charge in [0, 0.05) is 5.69 Å². The lowest BCUT2D eigenvalue weighted by Crippen LogP contribution is -2.20. The first kappa shape index (κ1) is 20.8. The van der Waals surface area contributed by atoms with Gasteiger partial charge in [-0.05, 0) is 66.6 Å². The standard InChI is InChI=1S/C23H31NO3/c1-5-18(4)19-6-10-22(11-7-19)27-16-23(25)24-20-8-12-21(13-9-20)26-15-14-17(2)3/h6-13,17-18H,5,14-16H2,1-4H3,(H,24,25). The van der Waals surface area contributed by atoms with Crippen molar-refractivity contribution in [2.75, 3.05) is 18.5 Å². The summed E-state index contributed by atoms with van der Waals surface area (Å²) in [4.78, 5) is 12.1. The minimum atomic E-state index is -0.186. The number of carbonyl (C=O) groups is 1. The Labute approximate surface area is 162 Å². The summed E-state index contributed by atoms with van der Waals surface area (Å²) in [6, 6.07) is 15.3. The first-order valence-electron chi connectivity index (χ1n) is 9.73. The molecule has 0 bridgehead atoms. The first-order chi connectivity index (χ1) is 13.0. The van der Waals surface area contributed by atoms with Crippen LogP contribution in [0.4, 0.5) is 5.69 Å². The van der Waals surface area contributed by atoms with E-state index in [2.05, 4.69) is 45.1 Å². The predicted molar refractivity (Wildman–Crippen MR) is 111 cm³/mol. The lowest BCUT2D eigenvalue weighted by atomic mass is 9.99. The number of ether oxygens (including phenoxy) is 2. The molecular formula is C23H31NO3. The Morgan fingerprint density at radius 1 is 0.926 bits per heavy atom. The van der Waals surface area contributed by atoms with Crippen molar-refractivity contribution in [2.45, 2.75) is 46.5 Å². The summed E-state index contributed by atoms with van der Waals surface area (Å²) in [6.45, 7) is 9.39. The summed E-state index contributed by atoms with van der Waals surface area (Å²) in [7, 11) is 0. The highest BCUT2D eigenvalue weighted by atomic mass is 16.5. The highest BCUT2D eigenvalue weighted by molar-refractivity contribution is 5.91. The van der Waals surface area contributed by atoms with Crippen LogP contribution in [0.25, 0.3) is 0 Å². The third-order valence-corrected chi connectivity index (χ3v) is 4.53. The molecule has 27 heavy (non-hydrogen) atoms. The van der Waals surface area contributed by atoms with Gasteiger partial charge in [0.1, 0.15) is 11.5 Å². The molecule has 2 aromatic carbocycles. The van der Waals surface area contributed by atoms with Gasteiger partial charge in [0.25, 0.3) is 5.91 Å². The molecule has 1 unspecified atom stereocenters. The Morgan fingerprint density at radius 2 is 1.52 bits per heavy atom. The molecule has 0 aliphatic heterocycles. The van der Waals surface area contributed by atoms with Gasteiger partial charge in [-0.15, -0.1) is 0 Å². The summed E-state index contributed by atoms with van der Waals surface area (Å²) >= 11 is 0. The topological polar surface area (TPSA) is 47.6 Å². The number of anilines is 1. The van der Waals surface area contributed by atoms with E-state index in [1.165, 1.54) is 5.56 Å². The minimum Gasteiger partial charge on any atom is -0.494 e. The average molecular weight is 370 g/mol. The van der Waals surface area contributed by atoms with E-state index in [0.29, 0.717) is 24.2 Å². The number of hydrogen-bond acceptors (Lipinski definition) is 3. The molecule has 0 radical (unpaired) electrons. The Bertz CT molecular complexity index is 693. The molecule has 0 fully saturated rings. The Hall–Kier alpha value is -2.49. The smallest absolute Gasteiger partial charge is 0.262 e. The number of hydrogen-bond donors (Lipinski definition) is 1. The third kappa shape index (κ3) is 7.33. The summed E-state index contributed by atoms with van der Waals surface area (Å²) < 4.78 is 11.3. The van der Waals surface area contributed by atoms with Crippen LogP contribution >= 0.6 is 0 Å². The predicted octanol–water partition coefficient (Wildman–Crippen LogP) is 5.64. The number of nitrogens with one attached hydrogen (secondary N) is 1. The van der Waals surface area contributed by atoms with Crippen LogP contribution in [-0.4, -0.2) is 19.1 Å². The van der Waals surface area contributed by atoms with Crippen molar-refractivity contribution in [1.82, 2.24) is 0 Å². The van der Waals surface area contributed by atoms with Gasteiger partial charge in [0.05, 0.1) is 6.61 Å². The average Bonchev–Trinajstić information content (AvgIpc) is 2.67. The van der Waals surface area contributed by atoms with Crippen LogP contribution in [-0.2, 0) is 4.79 Å². The Balaban J connectivity index is 1.76. The lowest BCUT2D eigenvalue weighted by Gasteiger charge is -2.11. The van der Waals surface area contributed by atoms with E-state index in [4.69, 9.17) is 9.47 Å². The van der Waals surface area contributed by atoms with Crippen molar-refractivity contribution < 1.29 is 14.3 Å². The van der Waals surface area contributed by atoms with Gasteiger partial charge in [0.15, 0.2) is 6.61 Å². The van der Waals surface area contributed by atoms with Crippen LogP contribution in [0, 0.1) is 5.92 Å². The van der Waals surface area contributed by atoms with Crippen LogP contribution in [0.5, 0.6) is 11.5 Å². The zero-order chi connectivity index (χ0) is 19.6. The van der Waals surface area contributed by atoms with E-state index in [1.807, 2.05) is 36.4 Å². The molecular weight excluding hydrogens is 338 g/mol. The summed E-state index contributed by atoms with van der Waals surface area (Å²) in [6.07, 6.45) is 2.12. The maximum absolute atomic E-state index is 12.1. The van der Waals surface area contributed by atoms with Crippen molar-refractivity contribution in [2.24, 2.45) is 5.92 Å². The Kier molecular flexibility index (Phi) is 8.18. The molecule has 2 aromatic rings. The Morgan fingerprint density at radius 3 is 2.11 bits per heavy atom. The number of carbonyl (C=O) groups excluding carboxylic acids is 1. The monoisotopic (exact) mass is 369 g/mol. The van der Waals surface area contributed by atoms with E-state index in [-0.39, 0.29) is 12.5 Å². The van der Waals surface area contributed by atoms with Crippen LogP contribution in [0.2, 0.25) is 0 Å². The van der Waals surface area contributed by atoms with E-state index in [1.54, 1.807) is 0 Å². The molecule has 0 aliphatic rings. The lowest BCUT2D eigenvalue weighted by molar-refractivity contribution is -0.118. The molecule has 4 nitrogen and oxygen atoms in total. The van der Waals surface area contributed by atoms with Crippen molar-refractivity contribution in [3.8, 4) is 11.5 Å². The van der Waals surface area contributed by atoms with Crippen LogP contribution in [0.15, 0.2) is 48.5 Å². The van der Waals surface area contributed by atoms with Crippen molar-refractivity contribution in [1.29, 1.82) is 0 Å². The van der Waals surface area contributed by atoms with Crippen LogP contribution in [0.3, 0.4) is 0 Å². The minimum absolute atomic E-state index is 0.0185. The second-order valence-corrected chi connectivity index (χ2v) is 7.27. The summed E-state index contributed by atoms with van der Waals surface area (Å²) in [5.41, 5.74) is 2.01. The summed E-state index contributed by atoms with van der Waals surface area (Å²) in [5.74, 6) is 2.47. The SMILES string of the molecule is CCC(C)c1ccc(OCC(=O)Nc2ccc(OCCC(C)C)cc2)cc1. The molecule has 1 N–H and O–H groups in total. The van der Waals surface area contributed by atoms with E-state index in [9.17, 15) is 4.79 Å². The van der Waals surface area contributed by atoms with Gasteiger partial charge in [-0.2, -0.15) is 0 Å². The second-order valence-electron chi connectivity index (χ2n) is 7.27. The van der Waals surface area contributed by atoms with Crippen LogP contribution < -0.4 is 14.8 Å². The molecule has 146 valence electrons. The highest BCUT2D eigenvalue weighted by Gasteiger charge is 2.06. The van der Waals surface area contributed by atoms with Crippen LogP contribution in [0.1, 0.15) is 52.0 Å². The molecule has 0 aromatic heterocycles. The van der Waals surface area contributed by atoms with Crippen molar-refractivity contribution in [3.05, 3.63) is 54.1 Å². The maximum Gasteiger partial charge on any atom is 0.262 e. The number of benzene rings is 2. The normalized spacial score (nSPS) is 11.9. The van der Waals surface area contributed by atoms with Gasteiger partial charge in [-0.25, -0.2) is 0 Å². The van der Waals surface area contributed by atoms with Gasteiger partial charge >= 0.3 is 0 Å². The fourth-order valence-corrected chi connectivity index (χ4v) is 2.52. The fourth-order valence-electron chi connectivity index (χ4n) is 2.52. The molecule has 1 atom stereocenters. The van der Waals surface area contributed by atoms with Crippen molar-refractivity contribution in [3.63, 3.8) is 0 Å². The third-order valence-electron chi connectivity index (χ3n) is 4.53. The molecule has 0 spiro atoms. The molecule has 0 saturated carbocycles. The molecule has 1 amide bonds. The molecule has 2 rings (SSSR count). The zero-order valence-corrected chi connectivity index (χ0v) is 16.8. The van der Waals surface area contributed by atoms with Crippen molar-refractivity contribution >= 4 is 11.6 Å². The molecule has 0 saturated heterocycles.